The number of aromatic nitrogens is 1. The summed E-state index contributed by atoms with van der Waals surface area (Å²) in [6.45, 7) is 3.75. The average molecular weight is 296 g/mol. The monoisotopic (exact) mass is 295 g/mol. The molecule has 0 saturated carbocycles. The lowest BCUT2D eigenvalue weighted by atomic mass is 10.1. The molecule has 0 amide bonds. The van der Waals surface area contributed by atoms with Crippen molar-refractivity contribution in [3.63, 3.8) is 0 Å². The van der Waals surface area contributed by atoms with Crippen molar-refractivity contribution in [1.29, 1.82) is 0 Å². The van der Waals surface area contributed by atoms with Gasteiger partial charge in [-0.15, -0.1) is 11.3 Å². The van der Waals surface area contributed by atoms with Crippen molar-refractivity contribution in [2.45, 2.75) is 20.3 Å². The maximum Gasteiger partial charge on any atom is 0.179 e. The Hall–Kier alpha value is -1.39. The first-order chi connectivity index (χ1) is 9.01. The molecule has 0 spiro atoms. The molecule has 0 radical (unpaired) electrons. The molecule has 0 fully saturated rings. The van der Waals surface area contributed by atoms with Crippen LogP contribution in [0.2, 0.25) is 5.02 Å². The number of carbonyl (C=O) groups excluding carboxylic acids is 1. The van der Waals surface area contributed by atoms with E-state index in [1.54, 1.807) is 25.3 Å². The minimum Gasteiger partial charge on any atom is -0.496 e. The highest BCUT2D eigenvalue weighted by Crippen LogP contribution is 2.26. The minimum atomic E-state index is 0.0451. The van der Waals surface area contributed by atoms with E-state index in [4.69, 9.17) is 16.3 Å². The third-order valence-corrected chi connectivity index (χ3v) is 4.10. The second-order valence-electron chi connectivity index (χ2n) is 4.20. The van der Waals surface area contributed by atoms with Gasteiger partial charge in [-0.1, -0.05) is 11.6 Å². The van der Waals surface area contributed by atoms with E-state index in [0.29, 0.717) is 15.6 Å². The molecule has 19 heavy (non-hydrogen) atoms. The van der Waals surface area contributed by atoms with Gasteiger partial charge in [-0.25, -0.2) is 4.98 Å². The van der Waals surface area contributed by atoms with Crippen molar-refractivity contribution in [2.24, 2.45) is 0 Å². The van der Waals surface area contributed by atoms with Crippen LogP contribution in [0.5, 0.6) is 5.75 Å². The lowest BCUT2D eigenvalue weighted by Crippen LogP contribution is -2.04. The van der Waals surface area contributed by atoms with Crippen LogP contribution in [0.25, 0.3) is 0 Å². The van der Waals surface area contributed by atoms with Crippen LogP contribution in [0.15, 0.2) is 18.2 Å². The van der Waals surface area contributed by atoms with Crippen molar-refractivity contribution in [1.82, 2.24) is 4.98 Å². The molecule has 0 saturated heterocycles. The smallest absolute Gasteiger partial charge is 0.179 e. The van der Waals surface area contributed by atoms with Gasteiger partial charge in [0.05, 0.1) is 22.7 Å². The van der Waals surface area contributed by atoms with Crippen LogP contribution < -0.4 is 4.74 Å². The van der Waals surface area contributed by atoms with Crippen molar-refractivity contribution in [3.05, 3.63) is 44.4 Å². The number of Topliss-reactive ketones (excluding diaryl/α,β-unsaturated/α-hetero) is 1. The molecule has 100 valence electrons. The second kappa shape index (κ2) is 5.72. The zero-order valence-electron chi connectivity index (χ0n) is 11.0. The Morgan fingerprint density at radius 2 is 2.16 bits per heavy atom. The summed E-state index contributed by atoms with van der Waals surface area (Å²) in [5.41, 5.74) is 1.58. The molecule has 3 nitrogen and oxygen atoms in total. The first-order valence-electron chi connectivity index (χ1n) is 5.81. The van der Waals surface area contributed by atoms with Gasteiger partial charge in [-0.3, -0.25) is 4.79 Å². The lowest BCUT2D eigenvalue weighted by Gasteiger charge is -2.07. The molecule has 5 heteroatoms. The summed E-state index contributed by atoms with van der Waals surface area (Å²) in [5, 5.41) is 1.50. The fourth-order valence-electron chi connectivity index (χ4n) is 1.93. The van der Waals surface area contributed by atoms with Crippen molar-refractivity contribution >= 4 is 28.7 Å². The fraction of sp³-hybridized carbons (Fsp3) is 0.286. The van der Waals surface area contributed by atoms with Gasteiger partial charge in [0.2, 0.25) is 0 Å². The SMILES string of the molecule is COc1ccc(Cl)cc1CC(=O)c1sc(C)nc1C. The van der Waals surface area contributed by atoms with Crippen LogP contribution in [0, 0.1) is 13.8 Å². The molecule has 1 aromatic carbocycles. The maximum absolute atomic E-state index is 12.3. The highest BCUT2D eigenvalue weighted by Gasteiger charge is 2.16. The Kier molecular flexibility index (Phi) is 4.22. The topological polar surface area (TPSA) is 39.2 Å². The Bertz CT molecular complexity index is 622. The Balaban J connectivity index is 2.28. The van der Waals surface area contributed by atoms with E-state index < -0.39 is 0 Å². The minimum absolute atomic E-state index is 0.0451. The van der Waals surface area contributed by atoms with Crippen LogP contribution in [0.1, 0.15) is 25.9 Å². The molecule has 1 aromatic heterocycles. The number of carbonyl (C=O) groups is 1. The number of hydrogen-bond donors (Lipinski definition) is 0. The number of methoxy groups -OCH3 is 1. The molecule has 0 atom stereocenters. The Labute approximate surface area is 121 Å². The average Bonchev–Trinajstić information content (AvgIpc) is 2.69. The predicted octanol–water partition coefficient (Wildman–Crippen LogP) is 3.85. The van der Waals surface area contributed by atoms with E-state index in [9.17, 15) is 4.79 Å². The number of halogens is 1. The lowest BCUT2D eigenvalue weighted by molar-refractivity contribution is 0.0995. The Morgan fingerprint density at radius 3 is 2.74 bits per heavy atom. The van der Waals surface area contributed by atoms with Crippen LogP contribution >= 0.6 is 22.9 Å². The van der Waals surface area contributed by atoms with Crippen molar-refractivity contribution < 1.29 is 9.53 Å². The molecular formula is C14H14ClNO2S. The fourth-order valence-corrected chi connectivity index (χ4v) is 2.98. The third-order valence-electron chi connectivity index (χ3n) is 2.75. The summed E-state index contributed by atoms with van der Waals surface area (Å²) in [4.78, 5) is 17.3. The van der Waals surface area contributed by atoms with Gasteiger partial charge in [-0.2, -0.15) is 0 Å². The molecule has 0 aliphatic carbocycles. The molecule has 2 aromatic rings. The van der Waals surface area contributed by atoms with E-state index in [2.05, 4.69) is 4.98 Å². The highest BCUT2D eigenvalue weighted by atomic mass is 35.5. The van der Waals surface area contributed by atoms with E-state index in [1.165, 1.54) is 11.3 Å². The number of ether oxygens (including phenoxy) is 1. The van der Waals surface area contributed by atoms with E-state index in [1.807, 2.05) is 13.8 Å². The summed E-state index contributed by atoms with van der Waals surface area (Å²) in [6, 6.07) is 5.29. The number of benzene rings is 1. The largest absolute Gasteiger partial charge is 0.496 e. The third kappa shape index (κ3) is 3.14. The van der Waals surface area contributed by atoms with E-state index >= 15 is 0 Å². The van der Waals surface area contributed by atoms with Gasteiger partial charge in [0.15, 0.2) is 5.78 Å². The number of nitrogens with zero attached hydrogens (tertiary/aromatic N) is 1. The van der Waals surface area contributed by atoms with Crippen LogP contribution in [-0.2, 0) is 6.42 Å². The molecule has 0 unspecified atom stereocenters. The Morgan fingerprint density at radius 1 is 1.42 bits per heavy atom. The predicted molar refractivity (Wildman–Crippen MR) is 77.6 cm³/mol. The molecule has 0 aliphatic heterocycles. The molecule has 0 N–H and O–H groups in total. The molecule has 1 heterocycles. The van der Waals surface area contributed by atoms with Crippen LogP contribution in [0.4, 0.5) is 0 Å². The van der Waals surface area contributed by atoms with Gasteiger partial charge in [0.1, 0.15) is 5.75 Å². The molecule has 0 aliphatic rings. The first-order valence-corrected chi connectivity index (χ1v) is 7.00. The van der Waals surface area contributed by atoms with E-state index in [0.717, 1.165) is 16.3 Å². The summed E-state index contributed by atoms with van der Waals surface area (Å²) in [5.74, 6) is 0.723. The molecule has 2 rings (SSSR count). The van der Waals surface area contributed by atoms with Gasteiger partial charge in [0, 0.05) is 17.0 Å². The number of rotatable bonds is 4. The number of ketones is 1. The molecule has 0 bridgehead atoms. The normalized spacial score (nSPS) is 10.5. The quantitative estimate of drug-likeness (QED) is 0.804. The maximum atomic E-state index is 12.3. The standard InChI is InChI=1S/C14H14ClNO2S/c1-8-14(19-9(2)16-8)12(17)7-10-6-11(15)4-5-13(10)18-3/h4-6H,7H2,1-3H3. The van der Waals surface area contributed by atoms with Gasteiger partial charge in [-0.05, 0) is 32.0 Å². The number of hydrogen-bond acceptors (Lipinski definition) is 4. The first kappa shape index (κ1) is 14.0. The number of aryl methyl sites for hydroxylation is 2. The summed E-state index contributed by atoms with van der Waals surface area (Å²) in [7, 11) is 1.58. The highest BCUT2D eigenvalue weighted by molar-refractivity contribution is 7.13. The second-order valence-corrected chi connectivity index (χ2v) is 5.84. The summed E-state index contributed by atoms with van der Waals surface area (Å²) < 4.78 is 5.25. The van der Waals surface area contributed by atoms with Crippen LogP contribution in [-0.4, -0.2) is 17.9 Å². The van der Waals surface area contributed by atoms with Crippen molar-refractivity contribution in [2.75, 3.05) is 7.11 Å². The zero-order valence-corrected chi connectivity index (χ0v) is 12.6. The molecular weight excluding hydrogens is 282 g/mol. The summed E-state index contributed by atoms with van der Waals surface area (Å²) in [6.07, 6.45) is 0.270. The zero-order chi connectivity index (χ0) is 14.0. The van der Waals surface area contributed by atoms with Gasteiger partial charge in [0.25, 0.3) is 0 Å². The number of thiazole rings is 1. The van der Waals surface area contributed by atoms with Gasteiger partial charge >= 0.3 is 0 Å². The van der Waals surface area contributed by atoms with Crippen molar-refractivity contribution in [3.8, 4) is 5.75 Å². The van der Waals surface area contributed by atoms with Gasteiger partial charge < -0.3 is 4.74 Å². The van der Waals surface area contributed by atoms with Crippen LogP contribution in [0.3, 0.4) is 0 Å². The summed E-state index contributed by atoms with van der Waals surface area (Å²) >= 11 is 7.39. The van der Waals surface area contributed by atoms with E-state index in [-0.39, 0.29) is 12.2 Å².